The molecule has 0 saturated heterocycles. The van der Waals surface area contributed by atoms with Crippen LogP contribution in [0.2, 0.25) is 0 Å². The van der Waals surface area contributed by atoms with Gasteiger partial charge in [0.05, 0.1) is 0 Å². The highest BCUT2D eigenvalue weighted by Gasteiger charge is 2.37. The van der Waals surface area contributed by atoms with Crippen molar-refractivity contribution in [1.82, 2.24) is 4.98 Å². The van der Waals surface area contributed by atoms with E-state index in [1.807, 2.05) is 17.4 Å². The molecule has 2 aromatic rings. The Hall–Kier alpha value is -0.420. The largest absolute Gasteiger partial charge is 0.244 e. The summed E-state index contributed by atoms with van der Waals surface area (Å²) in [6.45, 7) is 0. The van der Waals surface area contributed by atoms with E-state index in [1.54, 1.807) is 0 Å². The third kappa shape index (κ3) is 1.95. The molecule has 1 aromatic heterocycles. The zero-order valence-electron chi connectivity index (χ0n) is 8.06. The third-order valence-electron chi connectivity index (χ3n) is 2.62. The molecule has 0 radical (unpaired) electrons. The van der Waals surface area contributed by atoms with Crippen LogP contribution in [0.1, 0.15) is 17.2 Å². The Labute approximate surface area is 107 Å². The quantitative estimate of drug-likeness (QED) is 0.598. The number of hydrogen-bond acceptors (Lipinski definition) is 2. The Kier molecular flexibility index (Phi) is 2.52. The molecule has 0 bridgehead atoms. The molecule has 0 N–H and O–H groups in total. The molecule has 0 unspecified atom stereocenters. The van der Waals surface area contributed by atoms with Crippen LogP contribution in [0.3, 0.4) is 0 Å². The monoisotopic (exact) mass is 327 g/mol. The van der Waals surface area contributed by atoms with E-state index in [-0.39, 0.29) is 0 Å². The zero-order valence-corrected chi connectivity index (χ0v) is 11.0. The molecule has 3 heteroatoms. The van der Waals surface area contributed by atoms with Gasteiger partial charge in [-0.05, 0) is 6.42 Å². The molecular weight excluding hydrogens is 317 g/mol. The normalized spacial score (nSPS) is 24.1. The van der Waals surface area contributed by atoms with Gasteiger partial charge >= 0.3 is 0 Å². The number of nitrogens with zero attached hydrogens (tertiary/aromatic N) is 1. The predicted octanol–water partition coefficient (Wildman–Crippen LogP) is 4.10. The van der Waals surface area contributed by atoms with Gasteiger partial charge in [-0.25, -0.2) is 4.98 Å². The maximum Gasteiger partial charge on any atom is 0.123 e. The summed E-state index contributed by atoms with van der Waals surface area (Å²) in [7, 11) is 0. The van der Waals surface area contributed by atoms with Crippen molar-refractivity contribution in [3.05, 3.63) is 41.4 Å². The van der Waals surface area contributed by atoms with E-state index in [0.29, 0.717) is 0 Å². The fourth-order valence-electron chi connectivity index (χ4n) is 1.63. The summed E-state index contributed by atoms with van der Waals surface area (Å²) < 4.78 is 0.840. The van der Waals surface area contributed by atoms with Gasteiger partial charge in [-0.2, -0.15) is 0 Å². The summed E-state index contributed by atoms with van der Waals surface area (Å²) in [5.41, 5.74) is 1.24. The topological polar surface area (TPSA) is 12.9 Å². The summed E-state index contributed by atoms with van der Waals surface area (Å²) in [6, 6.07) is 10.4. The van der Waals surface area contributed by atoms with Crippen LogP contribution in [0.4, 0.5) is 0 Å². The van der Waals surface area contributed by atoms with Crippen LogP contribution in [-0.2, 0) is 0 Å². The molecule has 3 rings (SSSR count). The van der Waals surface area contributed by atoms with Crippen molar-refractivity contribution in [2.75, 3.05) is 0 Å². The number of rotatable bonds is 2. The molecule has 1 fully saturated rings. The van der Waals surface area contributed by atoms with Gasteiger partial charge in [0.2, 0.25) is 0 Å². The molecule has 0 spiro atoms. The van der Waals surface area contributed by atoms with Crippen LogP contribution in [0.15, 0.2) is 36.5 Å². The molecule has 0 aliphatic heterocycles. The molecule has 1 heterocycles. The maximum atomic E-state index is 4.50. The van der Waals surface area contributed by atoms with E-state index < -0.39 is 0 Å². The average molecular weight is 327 g/mol. The second kappa shape index (κ2) is 3.87. The van der Waals surface area contributed by atoms with Crippen LogP contribution in [-0.4, -0.2) is 8.91 Å². The van der Waals surface area contributed by atoms with Gasteiger partial charge in [-0.3, -0.25) is 0 Å². The van der Waals surface area contributed by atoms with Crippen molar-refractivity contribution in [2.24, 2.45) is 0 Å². The Balaban J connectivity index is 1.91. The van der Waals surface area contributed by atoms with Crippen LogP contribution in [0, 0.1) is 0 Å². The van der Waals surface area contributed by atoms with Crippen LogP contribution < -0.4 is 0 Å². The first kappa shape index (κ1) is 9.78. The summed E-state index contributed by atoms with van der Waals surface area (Å²) in [6.07, 6.45) is 3.38. The first-order valence-corrected chi connectivity index (χ1v) is 7.06. The van der Waals surface area contributed by atoms with Gasteiger partial charge < -0.3 is 0 Å². The maximum absolute atomic E-state index is 4.50. The SMILES string of the molecule is I[C@H]1C[C@@H]1c1cnc(-c2ccccc2)s1. The molecule has 1 aliphatic rings. The molecule has 1 saturated carbocycles. The lowest BCUT2D eigenvalue weighted by Gasteiger charge is -1.93. The van der Waals surface area contributed by atoms with E-state index in [9.17, 15) is 0 Å². The van der Waals surface area contributed by atoms with Gasteiger partial charge in [0.15, 0.2) is 0 Å². The highest BCUT2D eigenvalue weighted by atomic mass is 127. The Morgan fingerprint density at radius 2 is 2.00 bits per heavy atom. The lowest BCUT2D eigenvalue weighted by Crippen LogP contribution is -1.71. The molecule has 1 aromatic carbocycles. The number of halogens is 1. The lowest BCUT2D eigenvalue weighted by molar-refractivity contribution is 1.17. The summed E-state index contributed by atoms with van der Waals surface area (Å²) >= 11 is 4.37. The molecule has 1 nitrogen and oxygen atoms in total. The molecule has 15 heavy (non-hydrogen) atoms. The van der Waals surface area contributed by atoms with Crippen molar-refractivity contribution in [2.45, 2.75) is 16.3 Å². The van der Waals surface area contributed by atoms with Gasteiger partial charge in [-0.1, -0.05) is 52.9 Å². The zero-order chi connectivity index (χ0) is 10.3. The smallest absolute Gasteiger partial charge is 0.123 e. The van der Waals surface area contributed by atoms with Crippen molar-refractivity contribution < 1.29 is 0 Å². The average Bonchev–Trinajstić information content (AvgIpc) is 2.83. The molecule has 1 aliphatic carbocycles. The van der Waals surface area contributed by atoms with Crippen molar-refractivity contribution in [3.63, 3.8) is 0 Å². The lowest BCUT2D eigenvalue weighted by atomic mass is 10.2. The van der Waals surface area contributed by atoms with Crippen molar-refractivity contribution in [1.29, 1.82) is 0 Å². The third-order valence-corrected chi connectivity index (χ3v) is 5.18. The van der Waals surface area contributed by atoms with Crippen molar-refractivity contribution >= 4 is 33.9 Å². The predicted molar refractivity (Wildman–Crippen MR) is 72.7 cm³/mol. The summed E-state index contributed by atoms with van der Waals surface area (Å²) in [5.74, 6) is 0.778. The number of thiazole rings is 1. The van der Waals surface area contributed by atoms with E-state index in [0.717, 1.165) is 14.9 Å². The number of aromatic nitrogens is 1. The van der Waals surface area contributed by atoms with E-state index in [1.165, 1.54) is 16.9 Å². The first-order valence-electron chi connectivity index (χ1n) is 5.00. The molecule has 2 atom stereocenters. The van der Waals surface area contributed by atoms with E-state index in [2.05, 4.69) is 58.0 Å². The highest BCUT2D eigenvalue weighted by Crippen LogP contribution is 2.49. The minimum absolute atomic E-state index is 0.778. The second-order valence-electron chi connectivity index (χ2n) is 3.79. The Morgan fingerprint density at radius 3 is 2.67 bits per heavy atom. The molecular formula is C12H10INS. The fourth-order valence-corrected chi connectivity index (χ4v) is 3.91. The van der Waals surface area contributed by atoms with Crippen LogP contribution in [0.5, 0.6) is 0 Å². The summed E-state index contributed by atoms with van der Waals surface area (Å²) in [5, 5.41) is 1.15. The summed E-state index contributed by atoms with van der Waals surface area (Å²) in [4.78, 5) is 5.95. The molecule has 0 amide bonds. The fraction of sp³-hybridized carbons (Fsp3) is 0.250. The van der Waals surface area contributed by atoms with Crippen LogP contribution in [0.25, 0.3) is 10.6 Å². The second-order valence-corrected chi connectivity index (χ2v) is 6.45. The van der Waals surface area contributed by atoms with Gasteiger partial charge in [0.1, 0.15) is 5.01 Å². The van der Waals surface area contributed by atoms with E-state index >= 15 is 0 Å². The van der Waals surface area contributed by atoms with Crippen molar-refractivity contribution in [3.8, 4) is 10.6 Å². The van der Waals surface area contributed by atoms with Crippen LogP contribution >= 0.6 is 33.9 Å². The number of alkyl halides is 1. The van der Waals surface area contributed by atoms with Gasteiger partial charge in [-0.15, -0.1) is 11.3 Å². The van der Waals surface area contributed by atoms with Gasteiger partial charge in [0, 0.05) is 26.5 Å². The Morgan fingerprint density at radius 1 is 1.27 bits per heavy atom. The minimum atomic E-state index is 0.778. The number of benzene rings is 1. The minimum Gasteiger partial charge on any atom is -0.244 e. The number of hydrogen-bond donors (Lipinski definition) is 0. The van der Waals surface area contributed by atoms with E-state index in [4.69, 9.17) is 0 Å². The van der Waals surface area contributed by atoms with Gasteiger partial charge in [0.25, 0.3) is 0 Å². The standard InChI is InChI=1S/C12H10INS/c13-10-6-9(10)11-7-14-12(15-11)8-4-2-1-3-5-8/h1-5,7,9-10H,6H2/t9-,10-/m0/s1. The highest BCUT2D eigenvalue weighted by molar-refractivity contribution is 14.1. The Bertz CT molecular complexity index is 465. The molecule has 76 valence electrons. The first-order chi connectivity index (χ1) is 7.34.